The lowest BCUT2D eigenvalue weighted by Crippen LogP contribution is -2.07. The van der Waals surface area contributed by atoms with Crippen molar-refractivity contribution in [3.63, 3.8) is 0 Å². The normalized spacial score (nSPS) is 10.1. The van der Waals surface area contributed by atoms with Crippen LogP contribution in [0.2, 0.25) is 0 Å². The van der Waals surface area contributed by atoms with Crippen molar-refractivity contribution in [2.24, 2.45) is 0 Å². The number of benzene rings is 1. The predicted octanol–water partition coefficient (Wildman–Crippen LogP) is 2.33. The summed E-state index contributed by atoms with van der Waals surface area (Å²) in [6.07, 6.45) is 3.33. The minimum absolute atomic E-state index is 0.241. The van der Waals surface area contributed by atoms with Gasteiger partial charge >= 0.3 is 5.97 Å². The molecule has 0 aliphatic heterocycles. The van der Waals surface area contributed by atoms with Gasteiger partial charge in [-0.2, -0.15) is 0 Å². The smallest absolute Gasteiger partial charge is 0.338 e. The maximum Gasteiger partial charge on any atom is 0.338 e. The molecule has 0 fully saturated rings. The number of pyridine rings is 1. The molecular formula is C14H14N2O2. The third-order valence-electron chi connectivity index (χ3n) is 2.59. The van der Waals surface area contributed by atoms with E-state index in [1.165, 1.54) is 0 Å². The van der Waals surface area contributed by atoms with Crippen LogP contribution in [0.3, 0.4) is 0 Å². The summed E-state index contributed by atoms with van der Waals surface area (Å²) >= 11 is 0. The van der Waals surface area contributed by atoms with Gasteiger partial charge in [0.15, 0.2) is 0 Å². The van der Waals surface area contributed by atoms with Gasteiger partial charge in [-0.15, -0.1) is 0 Å². The van der Waals surface area contributed by atoms with E-state index < -0.39 is 0 Å². The molecule has 18 heavy (non-hydrogen) atoms. The maximum atomic E-state index is 11.9. The largest absolute Gasteiger partial charge is 0.457 e. The Labute approximate surface area is 105 Å². The summed E-state index contributed by atoms with van der Waals surface area (Å²) in [5.74, 6) is -0.343. The maximum absolute atomic E-state index is 11.9. The monoisotopic (exact) mass is 242 g/mol. The van der Waals surface area contributed by atoms with Crippen LogP contribution in [0.4, 0.5) is 5.69 Å². The van der Waals surface area contributed by atoms with Gasteiger partial charge in [-0.1, -0.05) is 0 Å². The summed E-state index contributed by atoms with van der Waals surface area (Å²) in [6.45, 7) is 2.07. The van der Waals surface area contributed by atoms with E-state index in [-0.39, 0.29) is 12.6 Å². The van der Waals surface area contributed by atoms with Crippen LogP contribution in [-0.4, -0.2) is 11.0 Å². The molecule has 0 saturated carbocycles. The number of hydrogen-bond donors (Lipinski definition) is 1. The van der Waals surface area contributed by atoms with Crippen molar-refractivity contribution in [1.82, 2.24) is 4.98 Å². The lowest BCUT2D eigenvalue weighted by molar-refractivity contribution is 0.0472. The number of nitrogens with two attached hydrogens (primary N) is 1. The van der Waals surface area contributed by atoms with Crippen molar-refractivity contribution < 1.29 is 9.53 Å². The molecule has 1 aromatic heterocycles. The molecule has 0 aliphatic carbocycles. The van der Waals surface area contributed by atoms with Crippen LogP contribution in [0.5, 0.6) is 0 Å². The number of aryl methyl sites for hydroxylation is 1. The lowest BCUT2D eigenvalue weighted by Gasteiger charge is -2.07. The number of carbonyl (C=O) groups is 1. The average molecular weight is 242 g/mol. The van der Waals surface area contributed by atoms with Gasteiger partial charge in [0.1, 0.15) is 6.61 Å². The topological polar surface area (TPSA) is 65.2 Å². The first-order valence-corrected chi connectivity index (χ1v) is 5.59. The molecule has 0 radical (unpaired) electrons. The molecule has 0 atom stereocenters. The Balaban J connectivity index is 2.04. The number of nitrogens with zero attached hydrogens (tertiary/aromatic N) is 1. The second-order valence-electron chi connectivity index (χ2n) is 4.01. The third kappa shape index (κ3) is 2.85. The van der Waals surface area contributed by atoms with Crippen LogP contribution in [0, 0.1) is 6.92 Å². The minimum atomic E-state index is -0.343. The molecule has 2 aromatic rings. The molecule has 2 rings (SSSR count). The summed E-state index contributed by atoms with van der Waals surface area (Å²) in [5, 5.41) is 0. The zero-order chi connectivity index (χ0) is 13.0. The van der Waals surface area contributed by atoms with E-state index in [1.54, 1.807) is 30.6 Å². The summed E-state index contributed by atoms with van der Waals surface area (Å²) < 4.78 is 5.23. The van der Waals surface area contributed by atoms with Crippen LogP contribution in [0.15, 0.2) is 42.7 Å². The Kier molecular flexibility index (Phi) is 3.57. The van der Waals surface area contributed by atoms with E-state index in [2.05, 4.69) is 4.98 Å². The highest BCUT2D eigenvalue weighted by atomic mass is 16.5. The summed E-state index contributed by atoms with van der Waals surface area (Å²) in [4.78, 5) is 15.8. The molecule has 2 N–H and O–H groups in total. The highest BCUT2D eigenvalue weighted by Gasteiger charge is 2.10. The molecule has 92 valence electrons. The number of esters is 1. The summed E-state index contributed by atoms with van der Waals surface area (Å²) in [7, 11) is 0. The van der Waals surface area contributed by atoms with Crippen molar-refractivity contribution >= 4 is 11.7 Å². The highest BCUT2D eigenvalue weighted by Crippen LogP contribution is 2.14. The average Bonchev–Trinajstić information content (AvgIpc) is 2.37. The number of aromatic nitrogens is 1. The van der Waals surface area contributed by atoms with Crippen molar-refractivity contribution in [3.8, 4) is 0 Å². The zero-order valence-corrected chi connectivity index (χ0v) is 10.1. The molecule has 0 bridgehead atoms. The van der Waals surface area contributed by atoms with E-state index in [1.807, 2.05) is 19.1 Å². The van der Waals surface area contributed by atoms with E-state index in [9.17, 15) is 4.79 Å². The fourth-order valence-electron chi connectivity index (χ4n) is 1.62. The first kappa shape index (κ1) is 12.1. The third-order valence-corrected chi connectivity index (χ3v) is 2.59. The number of carbonyl (C=O) groups excluding carboxylic acids is 1. The van der Waals surface area contributed by atoms with Crippen LogP contribution < -0.4 is 5.73 Å². The Hall–Kier alpha value is -2.36. The molecule has 0 saturated heterocycles. The zero-order valence-electron chi connectivity index (χ0n) is 10.1. The highest BCUT2D eigenvalue weighted by molar-refractivity contribution is 5.91. The van der Waals surface area contributed by atoms with Gasteiger partial charge < -0.3 is 10.5 Å². The molecule has 4 heteroatoms. The van der Waals surface area contributed by atoms with Crippen molar-refractivity contribution in [3.05, 3.63) is 59.4 Å². The van der Waals surface area contributed by atoms with Gasteiger partial charge in [-0.05, 0) is 48.4 Å². The van der Waals surface area contributed by atoms with Crippen LogP contribution in [0.1, 0.15) is 21.5 Å². The Morgan fingerprint density at radius 3 is 2.67 bits per heavy atom. The number of nitrogen functional groups attached to an aromatic ring is 1. The van der Waals surface area contributed by atoms with Gasteiger partial charge in [0.25, 0.3) is 0 Å². The summed E-state index contributed by atoms with van der Waals surface area (Å²) in [6, 6.07) is 8.74. The molecule has 1 aromatic carbocycles. The second kappa shape index (κ2) is 5.31. The van der Waals surface area contributed by atoms with Gasteiger partial charge in [0.2, 0.25) is 0 Å². The fourth-order valence-corrected chi connectivity index (χ4v) is 1.62. The van der Waals surface area contributed by atoms with Gasteiger partial charge in [0, 0.05) is 18.1 Å². The van der Waals surface area contributed by atoms with E-state index in [0.717, 1.165) is 11.1 Å². The van der Waals surface area contributed by atoms with Gasteiger partial charge in [-0.25, -0.2) is 4.79 Å². The minimum Gasteiger partial charge on any atom is -0.457 e. The Morgan fingerprint density at radius 1 is 1.28 bits per heavy atom. The van der Waals surface area contributed by atoms with Gasteiger partial charge in [-0.3, -0.25) is 4.98 Å². The molecule has 4 nitrogen and oxygen atoms in total. The van der Waals surface area contributed by atoms with Crippen molar-refractivity contribution in [2.75, 3.05) is 5.73 Å². The standard InChI is InChI=1S/C14H14N2O2/c1-10-8-12(15)2-3-13(10)14(17)18-9-11-4-6-16-7-5-11/h2-8H,9,15H2,1H3. The van der Waals surface area contributed by atoms with Crippen LogP contribution >= 0.6 is 0 Å². The van der Waals surface area contributed by atoms with Crippen molar-refractivity contribution in [1.29, 1.82) is 0 Å². The Morgan fingerprint density at radius 2 is 2.00 bits per heavy atom. The number of anilines is 1. The molecule has 0 spiro atoms. The first-order valence-electron chi connectivity index (χ1n) is 5.59. The Bertz CT molecular complexity index is 553. The van der Waals surface area contributed by atoms with Crippen LogP contribution in [-0.2, 0) is 11.3 Å². The fraction of sp³-hybridized carbons (Fsp3) is 0.143. The molecular weight excluding hydrogens is 228 g/mol. The molecule has 1 heterocycles. The van der Waals surface area contributed by atoms with E-state index in [4.69, 9.17) is 10.5 Å². The van der Waals surface area contributed by atoms with Crippen LogP contribution in [0.25, 0.3) is 0 Å². The molecule has 0 amide bonds. The lowest BCUT2D eigenvalue weighted by atomic mass is 10.1. The molecule has 0 unspecified atom stereocenters. The number of hydrogen-bond acceptors (Lipinski definition) is 4. The summed E-state index contributed by atoms with van der Waals surface area (Å²) in [5.41, 5.74) is 8.53. The molecule has 0 aliphatic rings. The quantitative estimate of drug-likeness (QED) is 0.662. The van der Waals surface area contributed by atoms with Gasteiger partial charge in [0.05, 0.1) is 5.56 Å². The van der Waals surface area contributed by atoms with E-state index in [0.29, 0.717) is 11.3 Å². The first-order chi connectivity index (χ1) is 8.66. The van der Waals surface area contributed by atoms with E-state index >= 15 is 0 Å². The predicted molar refractivity (Wildman–Crippen MR) is 68.9 cm³/mol. The van der Waals surface area contributed by atoms with Crippen molar-refractivity contribution in [2.45, 2.75) is 13.5 Å². The SMILES string of the molecule is Cc1cc(N)ccc1C(=O)OCc1ccncc1. The number of ether oxygens (including phenoxy) is 1. The number of rotatable bonds is 3. The second-order valence-corrected chi connectivity index (χ2v) is 4.01.